The molecule has 0 saturated heterocycles. The van der Waals surface area contributed by atoms with Crippen molar-refractivity contribution in [2.45, 2.75) is 6.92 Å². The molecule has 0 unspecified atom stereocenters. The van der Waals surface area contributed by atoms with E-state index in [2.05, 4.69) is 9.98 Å². The van der Waals surface area contributed by atoms with Crippen LogP contribution in [0.1, 0.15) is 17.4 Å². The Kier molecular flexibility index (Phi) is 2.80. The lowest BCUT2D eigenvalue weighted by Crippen LogP contribution is -1.91. The van der Waals surface area contributed by atoms with Gasteiger partial charge in [-0.25, -0.2) is 4.99 Å². The number of halogens is 1. The van der Waals surface area contributed by atoms with Crippen LogP contribution in [0.3, 0.4) is 0 Å². The standard InChI is InChI=1S/C13H9ClN2O2S/c1-6(10-12(17)16-13(18)19-10)9-7-4-2-3-5-8(7)15-11(9)14/h2-5,17H,1H3,(H,16,18). The van der Waals surface area contributed by atoms with E-state index in [0.29, 0.717) is 10.0 Å². The maximum Gasteiger partial charge on any atom is 0.307 e. The molecular formula is C13H9ClN2O2S. The number of allylic oxidation sites excluding steroid dienone is 2. The summed E-state index contributed by atoms with van der Waals surface area (Å²) in [7, 11) is 0. The first kappa shape index (κ1) is 12.2. The van der Waals surface area contributed by atoms with Gasteiger partial charge >= 0.3 is 4.87 Å². The molecule has 4 nitrogen and oxygen atoms in total. The Hall–Kier alpha value is -1.85. The summed E-state index contributed by atoms with van der Waals surface area (Å²) >= 11 is 7.13. The van der Waals surface area contributed by atoms with Crippen LogP contribution in [-0.4, -0.2) is 15.3 Å². The van der Waals surface area contributed by atoms with Crippen molar-refractivity contribution in [3.05, 3.63) is 44.4 Å². The van der Waals surface area contributed by atoms with Gasteiger partial charge in [-0.3, -0.25) is 9.78 Å². The molecule has 2 aromatic rings. The number of H-pyrrole nitrogens is 1. The minimum Gasteiger partial charge on any atom is -0.493 e. The zero-order valence-electron chi connectivity index (χ0n) is 9.90. The zero-order valence-corrected chi connectivity index (χ0v) is 11.5. The van der Waals surface area contributed by atoms with Crippen LogP contribution >= 0.6 is 22.9 Å². The van der Waals surface area contributed by atoms with E-state index in [1.165, 1.54) is 0 Å². The van der Waals surface area contributed by atoms with Crippen molar-refractivity contribution in [3.63, 3.8) is 0 Å². The summed E-state index contributed by atoms with van der Waals surface area (Å²) in [5.41, 5.74) is 3.19. The number of aromatic nitrogens is 1. The molecule has 19 heavy (non-hydrogen) atoms. The molecule has 0 fully saturated rings. The third-order valence-electron chi connectivity index (χ3n) is 2.94. The van der Waals surface area contributed by atoms with E-state index >= 15 is 0 Å². The van der Waals surface area contributed by atoms with Gasteiger partial charge in [0.15, 0.2) is 0 Å². The van der Waals surface area contributed by atoms with Crippen molar-refractivity contribution in [3.8, 4) is 5.88 Å². The summed E-state index contributed by atoms with van der Waals surface area (Å²) in [6, 6.07) is 7.57. The van der Waals surface area contributed by atoms with Gasteiger partial charge in [0.05, 0.1) is 10.6 Å². The molecule has 3 rings (SSSR count). The van der Waals surface area contributed by atoms with Gasteiger partial charge in [-0.2, -0.15) is 0 Å². The predicted molar refractivity (Wildman–Crippen MR) is 78.5 cm³/mol. The lowest BCUT2D eigenvalue weighted by atomic mass is 10.0. The normalized spacial score (nSPS) is 16.2. The van der Waals surface area contributed by atoms with E-state index in [1.54, 1.807) is 0 Å². The third kappa shape index (κ3) is 1.91. The van der Waals surface area contributed by atoms with Crippen LogP contribution in [0.2, 0.25) is 0 Å². The van der Waals surface area contributed by atoms with Crippen molar-refractivity contribution >= 4 is 44.9 Å². The van der Waals surface area contributed by atoms with Crippen LogP contribution in [0.4, 0.5) is 5.69 Å². The van der Waals surface area contributed by atoms with Crippen LogP contribution in [0, 0.1) is 0 Å². The first-order valence-corrected chi connectivity index (χ1v) is 6.74. The number of nitrogens with zero attached hydrogens (tertiary/aromatic N) is 1. The summed E-state index contributed by atoms with van der Waals surface area (Å²) in [6.07, 6.45) is 0. The number of aliphatic imine (C=N–C) groups is 1. The number of para-hydroxylation sites is 1. The first-order valence-electron chi connectivity index (χ1n) is 5.55. The molecule has 0 spiro atoms. The Morgan fingerprint density at radius 3 is 2.84 bits per heavy atom. The molecular weight excluding hydrogens is 284 g/mol. The van der Waals surface area contributed by atoms with Crippen molar-refractivity contribution < 1.29 is 5.11 Å². The second kappa shape index (κ2) is 4.36. The summed E-state index contributed by atoms with van der Waals surface area (Å²) in [5, 5.41) is 10.1. The quantitative estimate of drug-likeness (QED) is 0.846. The second-order valence-corrected chi connectivity index (χ2v) is 5.45. The fourth-order valence-electron chi connectivity index (χ4n) is 2.10. The van der Waals surface area contributed by atoms with Crippen molar-refractivity contribution in [1.29, 1.82) is 0 Å². The van der Waals surface area contributed by atoms with Crippen LogP contribution in [0.25, 0.3) is 11.1 Å². The lowest BCUT2D eigenvalue weighted by Gasteiger charge is -2.05. The molecule has 1 aliphatic heterocycles. The first-order chi connectivity index (χ1) is 9.08. The highest BCUT2D eigenvalue weighted by atomic mass is 35.5. The van der Waals surface area contributed by atoms with Crippen LogP contribution < -0.4 is 4.87 Å². The third-order valence-corrected chi connectivity index (χ3v) is 4.21. The van der Waals surface area contributed by atoms with Gasteiger partial charge < -0.3 is 5.11 Å². The SMILES string of the molecule is CC(=C1C(Cl)=Nc2ccccc21)c1sc(=O)[nH]c1O. The van der Waals surface area contributed by atoms with Gasteiger partial charge in [0.25, 0.3) is 0 Å². The second-order valence-electron chi connectivity index (χ2n) is 4.11. The molecule has 1 aliphatic rings. The topological polar surface area (TPSA) is 65.5 Å². The molecule has 0 aliphatic carbocycles. The number of thiazole rings is 1. The maximum atomic E-state index is 11.3. The summed E-state index contributed by atoms with van der Waals surface area (Å²) < 4.78 is 0. The number of hydrogen-bond acceptors (Lipinski definition) is 4. The number of benzene rings is 1. The van der Waals surface area contributed by atoms with E-state index < -0.39 is 0 Å². The van der Waals surface area contributed by atoms with Crippen LogP contribution in [-0.2, 0) is 0 Å². The molecule has 6 heteroatoms. The molecule has 2 heterocycles. The number of fused-ring (bicyclic) bond motifs is 1. The monoisotopic (exact) mass is 292 g/mol. The molecule has 0 radical (unpaired) electrons. The molecule has 1 aromatic carbocycles. The number of aromatic amines is 1. The van der Waals surface area contributed by atoms with Gasteiger partial charge in [0, 0.05) is 11.1 Å². The Morgan fingerprint density at radius 1 is 1.42 bits per heavy atom. The van der Waals surface area contributed by atoms with Gasteiger partial charge in [-0.05, 0) is 18.6 Å². The van der Waals surface area contributed by atoms with E-state index in [0.717, 1.165) is 33.7 Å². The van der Waals surface area contributed by atoms with E-state index in [9.17, 15) is 9.90 Å². The Balaban J connectivity index is 2.26. The predicted octanol–water partition coefficient (Wildman–Crippen LogP) is 3.36. The molecule has 0 atom stereocenters. The largest absolute Gasteiger partial charge is 0.493 e. The fourth-order valence-corrected chi connectivity index (χ4v) is 3.17. The highest BCUT2D eigenvalue weighted by Gasteiger charge is 2.23. The van der Waals surface area contributed by atoms with Gasteiger partial charge in [0.2, 0.25) is 5.88 Å². The number of aromatic hydroxyl groups is 1. The lowest BCUT2D eigenvalue weighted by molar-refractivity contribution is 0.454. The summed E-state index contributed by atoms with van der Waals surface area (Å²) in [4.78, 5) is 18.1. The molecule has 1 aromatic heterocycles. The van der Waals surface area contributed by atoms with Gasteiger partial charge in [0.1, 0.15) is 5.17 Å². The van der Waals surface area contributed by atoms with Gasteiger partial charge in [-0.15, -0.1) is 0 Å². The van der Waals surface area contributed by atoms with E-state index in [-0.39, 0.29) is 10.8 Å². The zero-order chi connectivity index (χ0) is 13.6. The minimum absolute atomic E-state index is 0.131. The smallest absolute Gasteiger partial charge is 0.307 e. The average molecular weight is 293 g/mol. The summed E-state index contributed by atoms with van der Waals surface area (Å²) in [6.45, 7) is 1.81. The number of hydrogen-bond donors (Lipinski definition) is 2. The van der Waals surface area contributed by atoms with E-state index in [1.807, 2.05) is 31.2 Å². The summed E-state index contributed by atoms with van der Waals surface area (Å²) in [5.74, 6) is -0.131. The van der Waals surface area contributed by atoms with Gasteiger partial charge in [-0.1, -0.05) is 41.1 Å². The average Bonchev–Trinajstić information content (AvgIpc) is 2.87. The van der Waals surface area contributed by atoms with Crippen LogP contribution in [0.15, 0.2) is 34.1 Å². The van der Waals surface area contributed by atoms with Crippen molar-refractivity contribution in [2.24, 2.45) is 4.99 Å². The van der Waals surface area contributed by atoms with Crippen molar-refractivity contribution in [1.82, 2.24) is 4.98 Å². The molecule has 2 N–H and O–H groups in total. The highest BCUT2D eigenvalue weighted by Crippen LogP contribution is 2.41. The highest BCUT2D eigenvalue weighted by molar-refractivity contribution is 7.11. The Morgan fingerprint density at radius 2 is 2.16 bits per heavy atom. The number of rotatable bonds is 1. The van der Waals surface area contributed by atoms with E-state index in [4.69, 9.17) is 11.6 Å². The minimum atomic E-state index is -0.299. The Bertz CT molecular complexity index is 786. The molecule has 0 bridgehead atoms. The molecule has 0 saturated carbocycles. The fraction of sp³-hybridized carbons (Fsp3) is 0.0769. The number of nitrogens with one attached hydrogen (secondary N) is 1. The molecule has 96 valence electrons. The van der Waals surface area contributed by atoms with Crippen LogP contribution in [0.5, 0.6) is 5.88 Å². The van der Waals surface area contributed by atoms with Crippen molar-refractivity contribution in [2.75, 3.05) is 0 Å². The maximum absolute atomic E-state index is 11.3. The molecule has 0 amide bonds. The Labute approximate surface area is 117 Å².